The summed E-state index contributed by atoms with van der Waals surface area (Å²) in [5.74, 6) is 1.27. The van der Waals surface area contributed by atoms with Crippen molar-refractivity contribution in [2.24, 2.45) is 0 Å². The summed E-state index contributed by atoms with van der Waals surface area (Å²) in [4.78, 5) is 27.7. The highest BCUT2D eigenvalue weighted by atomic mass is 79.9. The lowest BCUT2D eigenvalue weighted by Gasteiger charge is -2.21. The second-order valence-electron chi connectivity index (χ2n) is 11.0. The van der Waals surface area contributed by atoms with Crippen molar-refractivity contribution in [2.75, 3.05) is 23.1 Å². The normalized spacial score (nSPS) is 12.5. The van der Waals surface area contributed by atoms with Gasteiger partial charge >= 0.3 is 6.03 Å². The molecule has 232 valence electrons. The third-order valence-electron chi connectivity index (χ3n) is 7.50. The van der Waals surface area contributed by atoms with Gasteiger partial charge in [-0.25, -0.2) is 4.79 Å². The van der Waals surface area contributed by atoms with Crippen LogP contribution in [0, 0.1) is 0 Å². The highest BCUT2D eigenvalue weighted by Crippen LogP contribution is 2.31. The van der Waals surface area contributed by atoms with Crippen LogP contribution < -0.4 is 15.4 Å². The fraction of sp³-hybridized carbons (Fsp3) is 0.529. The highest BCUT2D eigenvalue weighted by Gasteiger charge is 2.18. The van der Waals surface area contributed by atoms with Crippen LogP contribution in [0.1, 0.15) is 114 Å². The first-order valence-electron chi connectivity index (χ1n) is 15.5. The topological polar surface area (TPSA) is 70.7 Å². The molecule has 0 saturated heterocycles. The maximum Gasteiger partial charge on any atom is 0.323 e. The predicted octanol–water partition coefficient (Wildman–Crippen LogP) is 10.6. The van der Waals surface area contributed by atoms with E-state index in [0.717, 1.165) is 36.5 Å². The standard InChI is InChI=1S/C34H49N3O3S.BrH/c1-4-5-6-7-8-9-10-11-12-13-14-17-23-40-33-30(28(3)38)20-18-22-32(33)36-34(39)35-31-21-16-15-19-29(31)24-37-26-41-25-27(37)2;/h15-16,18-22,25H,4-14,17,23-24,26H2,1-3H3,(H2,35,36,39);1H. The molecule has 0 radical (unpaired) electrons. The van der Waals surface area contributed by atoms with Crippen LogP contribution in [-0.4, -0.2) is 29.2 Å². The Bertz CT molecular complexity index is 1140. The fourth-order valence-electron chi connectivity index (χ4n) is 5.04. The molecule has 6 nitrogen and oxygen atoms in total. The zero-order valence-corrected chi connectivity index (χ0v) is 28.2. The maximum absolute atomic E-state index is 13.1. The van der Waals surface area contributed by atoms with Gasteiger partial charge in [0.05, 0.1) is 23.7 Å². The molecular weight excluding hydrogens is 610 g/mol. The Labute approximate surface area is 268 Å². The minimum absolute atomic E-state index is 0. The summed E-state index contributed by atoms with van der Waals surface area (Å²) in [5.41, 5.74) is 4.01. The monoisotopic (exact) mass is 659 g/mol. The van der Waals surface area contributed by atoms with Crippen LogP contribution >= 0.6 is 28.7 Å². The molecule has 0 aromatic heterocycles. The summed E-state index contributed by atoms with van der Waals surface area (Å²) in [6, 6.07) is 12.8. The summed E-state index contributed by atoms with van der Waals surface area (Å²) in [6.07, 6.45) is 15.3. The van der Waals surface area contributed by atoms with Gasteiger partial charge in [-0.1, -0.05) is 102 Å². The van der Waals surface area contributed by atoms with E-state index in [0.29, 0.717) is 23.6 Å². The SMILES string of the molecule is Br.CCCCCCCCCCCCCCOc1c(NC(=O)Nc2ccccc2CN2CSC=C2C)cccc1C(C)=O. The smallest absolute Gasteiger partial charge is 0.323 e. The molecule has 0 atom stereocenters. The number of Topliss-reactive ketones (excluding diaryl/α,β-unsaturated/α-hetero) is 1. The molecule has 0 spiro atoms. The average molecular weight is 661 g/mol. The molecule has 42 heavy (non-hydrogen) atoms. The van der Waals surface area contributed by atoms with Gasteiger partial charge in [0.1, 0.15) is 0 Å². The van der Waals surface area contributed by atoms with Crippen molar-refractivity contribution in [3.8, 4) is 5.75 Å². The minimum atomic E-state index is -0.364. The van der Waals surface area contributed by atoms with E-state index >= 15 is 0 Å². The first kappa shape index (κ1) is 35.7. The molecule has 1 aliphatic rings. The van der Waals surface area contributed by atoms with Crippen LogP contribution in [0.5, 0.6) is 5.75 Å². The van der Waals surface area contributed by atoms with Crippen LogP contribution in [0.2, 0.25) is 0 Å². The number of carbonyl (C=O) groups is 2. The molecule has 0 fully saturated rings. The van der Waals surface area contributed by atoms with Crippen molar-refractivity contribution in [1.29, 1.82) is 0 Å². The van der Waals surface area contributed by atoms with Gasteiger partial charge in [0.2, 0.25) is 0 Å². The number of benzene rings is 2. The minimum Gasteiger partial charge on any atom is -0.491 e. The molecule has 2 aromatic rings. The van der Waals surface area contributed by atoms with Gasteiger partial charge in [-0.3, -0.25) is 4.79 Å². The van der Waals surface area contributed by atoms with Gasteiger partial charge < -0.3 is 20.3 Å². The highest BCUT2D eigenvalue weighted by molar-refractivity contribution is 8.93. The molecule has 0 saturated carbocycles. The predicted molar refractivity (Wildman–Crippen MR) is 184 cm³/mol. The number of thioether (sulfide) groups is 1. The number of para-hydroxylation sites is 2. The summed E-state index contributed by atoms with van der Waals surface area (Å²) in [7, 11) is 0. The lowest BCUT2D eigenvalue weighted by atomic mass is 10.1. The van der Waals surface area contributed by atoms with Gasteiger partial charge in [0.25, 0.3) is 0 Å². The first-order valence-corrected chi connectivity index (χ1v) is 16.5. The van der Waals surface area contributed by atoms with Crippen LogP contribution in [0.4, 0.5) is 16.2 Å². The Morgan fingerprint density at radius 1 is 0.833 bits per heavy atom. The Hall–Kier alpha value is -2.45. The quantitative estimate of drug-likeness (QED) is 0.116. The van der Waals surface area contributed by atoms with Gasteiger partial charge in [-0.05, 0) is 49.4 Å². The Morgan fingerprint density at radius 3 is 2.05 bits per heavy atom. The largest absolute Gasteiger partial charge is 0.491 e. The van der Waals surface area contributed by atoms with Crippen LogP contribution in [0.15, 0.2) is 53.6 Å². The van der Waals surface area contributed by atoms with E-state index in [1.54, 1.807) is 30.0 Å². The number of nitrogens with zero attached hydrogens (tertiary/aromatic N) is 1. The van der Waals surface area contributed by atoms with E-state index in [1.165, 1.54) is 76.8 Å². The summed E-state index contributed by atoms with van der Waals surface area (Å²) in [5, 5.41) is 8.08. The summed E-state index contributed by atoms with van der Waals surface area (Å²) < 4.78 is 6.12. The van der Waals surface area contributed by atoms with Crippen LogP contribution in [-0.2, 0) is 6.54 Å². The van der Waals surface area contributed by atoms with Gasteiger partial charge in [0.15, 0.2) is 11.5 Å². The number of rotatable bonds is 19. The van der Waals surface area contributed by atoms with Gasteiger partial charge in [-0.2, -0.15) is 0 Å². The molecular formula is C34H50BrN3O3S. The lowest BCUT2D eigenvalue weighted by molar-refractivity contribution is 0.101. The number of anilines is 2. The number of hydrogen-bond acceptors (Lipinski definition) is 5. The van der Waals surface area contributed by atoms with Crippen LogP contribution in [0.3, 0.4) is 0 Å². The zero-order valence-electron chi connectivity index (χ0n) is 25.7. The van der Waals surface area contributed by atoms with Crippen molar-refractivity contribution < 1.29 is 14.3 Å². The number of ether oxygens (including phenoxy) is 1. The number of allylic oxidation sites excluding steroid dienone is 1. The van der Waals surface area contributed by atoms with Crippen molar-refractivity contribution in [3.63, 3.8) is 0 Å². The van der Waals surface area contributed by atoms with Gasteiger partial charge in [0, 0.05) is 17.9 Å². The number of halogens is 1. The Morgan fingerprint density at radius 2 is 1.43 bits per heavy atom. The van der Waals surface area contributed by atoms with Crippen molar-refractivity contribution in [2.45, 2.75) is 104 Å². The molecule has 0 unspecified atom stereocenters. The fourth-order valence-corrected chi connectivity index (χ4v) is 5.98. The number of unbranched alkanes of at least 4 members (excludes halogenated alkanes) is 11. The molecule has 2 aromatic carbocycles. The molecule has 8 heteroatoms. The van der Waals surface area contributed by atoms with E-state index in [-0.39, 0.29) is 28.8 Å². The summed E-state index contributed by atoms with van der Waals surface area (Å²) >= 11 is 1.78. The first-order chi connectivity index (χ1) is 20.0. The van der Waals surface area contributed by atoms with E-state index in [4.69, 9.17) is 4.74 Å². The lowest BCUT2D eigenvalue weighted by Crippen LogP contribution is -2.23. The number of hydrogen-bond donors (Lipinski definition) is 2. The second kappa shape index (κ2) is 20.5. The number of nitrogens with one attached hydrogen (secondary N) is 2. The van der Waals surface area contributed by atoms with E-state index in [9.17, 15) is 9.59 Å². The van der Waals surface area contributed by atoms with Crippen LogP contribution in [0.25, 0.3) is 0 Å². The number of carbonyl (C=O) groups excluding carboxylic acids is 2. The molecule has 1 heterocycles. The van der Waals surface area contributed by atoms with Crippen molar-refractivity contribution in [1.82, 2.24) is 4.90 Å². The third kappa shape index (κ3) is 12.4. The Balaban J connectivity index is 0.00000616. The average Bonchev–Trinajstić information content (AvgIpc) is 3.36. The molecule has 1 aliphatic heterocycles. The molecule has 2 amide bonds. The van der Waals surface area contributed by atoms with E-state index in [1.807, 2.05) is 24.3 Å². The summed E-state index contributed by atoms with van der Waals surface area (Å²) in [6.45, 7) is 7.13. The van der Waals surface area contributed by atoms with Crippen molar-refractivity contribution in [3.05, 3.63) is 64.7 Å². The van der Waals surface area contributed by atoms with Gasteiger partial charge in [-0.15, -0.1) is 28.7 Å². The maximum atomic E-state index is 13.1. The molecule has 0 bridgehead atoms. The van der Waals surface area contributed by atoms with E-state index in [2.05, 4.69) is 34.8 Å². The second-order valence-corrected chi connectivity index (χ2v) is 11.8. The Kier molecular flexibility index (Phi) is 17.4. The number of ketones is 1. The number of urea groups is 1. The zero-order chi connectivity index (χ0) is 29.3. The number of amides is 2. The van der Waals surface area contributed by atoms with Crippen molar-refractivity contribution >= 4 is 51.9 Å². The molecule has 2 N–H and O–H groups in total. The third-order valence-corrected chi connectivity index (χ3v) is 8.47. The van der Waals surface area contributed by atoms with E-state index < -0.39 is 0 Å². The molecule has 3 rings (SSSR count). The molecule has 0 aliphatic carbocycles.